The fourth-order valence-electron chi connectivity index (χ4n) is 2.01. The van der Waals surface area contributed by atoms with Gasteiger partial charge in [-0.3, -0.25) is 4.79 Å². The van der Waals surface area contributed by atoms with Gasteiger partial charge in [-0.2, -0.15) is 0 Å². The molecule has 1 amide bonds. The van der Waals surface area contributed by atoms with Gasteiger partial charge in [0.15, 0.2) is 0 Å². The molecular weight excluding hydrogens is 228 g/mol. The fourth-order valence-corrected chi connectivity index (χ4v) is 2.01. The van der Waals surface area contributed by atoms with E-state index in [2.05, 4.69) is 27.1 Å². The number of rotatable bonds is 3. The van der Waals surface area contributed by atoms with E-state index in [1.54, 1.807) is 6.07 Å². The average molecular weight is 248 g/mol. The molecule has 98 valence electrons. The molecule has 2 heterocycles. The van der Waals surface area contributed by atoms with Crippen molar-refractivity contribution in [1.82, 2.24) is 15.2 Å². The van der Waals surface area contributed by atoms with E-state index in [1.807, 2.05) is 19.1 Å². The maximum Gasteiger partial charge on any atom is 0.269 e. The quantitative estimate of drug-likeness (QED) is 0.850. The first kappa shape index (κ1) is 12.8. The van der Waals surface area contributed by atoms with Crippen molar-refractivity contribution in [2.45, 2.75) is 6.92 Å². The number of likely N-dealkylation sites (N-methyl/N-ethyl adjacent to an activating group) is 1. The van der Waals surface area contributed by atoms with Crippen LogP contribution in [0.1, 0.15) is 17.4 Å². The van der Waals surface area contributed by atoms with Crippen LogP contribution >= 0.6 is 0 Å². The average Bonchev–Trinajstić information content (AvgIpc) is 2.40. The summed E-state index contributed by atoms with van der Waals surface area (Å²) in [6, 6.07) is 5.61. The number of carbonyl (C=O) groups excluding carboxylic acids is 1. The molecule has 1 saturated heterocycles. The van der Waals surface area contributed by atoms with E-state index in [4.69, 9.17) is 0 Å². The number of pyridine rings is 1. The monoisotopic (exact) mass is 248 g/mol. The van der Waals surface area contributed by atoms with Gasteiger partial charge in [-0.1, -0.05) is 6.07 Å². The Morgan fingerprint density at radius 1 is 1.33 bits per heavy atom. The molecule has 0 atom stereocenters. The Bertz CT molecular complexity index is 413. The first-order valence-corrected chi connectivity index (χ1v) is 6.39. The van der Waals surface area contributed by atoms with Gasteiger partial charge in [0.1, 0.15) is 11.5 Å². The number of anilines is 1. The van der Waals surface area contributed by atoms with Crippen LogP contribution in [0, 0.1) is 0 Å². The van der Waals surface area contributed by atoms with E-state index in [0.29, 0.717) is 12.2 Å². The molecule has 0 radical (unpaired) electrons. The molecule has 0 aliphatic carbocycles. The third kappa shape index (κ3) is 2.98. The summed E-state index contributed by atoms with van der Waals surface area (Å²) in [6.07, 6.45) is 0. The Balaban J connectivity index is 2.09. The number of carbonyl (C=O) groups is 1. The number of hydrogen-bond donors (Lipinski definition) is 1. The van der Waals surface area contributed by atoms with E-state index in [0.717, 1.165) is 32.0 Å². The lowest BCUT2D eigenvalue weighted by Gasteiger charge is -2.33. The summed E-state index contributed by atoms with van der Waals surface area (Å²) >= 11 is 0. The third-order valence-corrected chi connectivity index (χ3v) is 3.13. The van der Waals surface area contributed by atoms with E-state index in [-0.39, 0.29) is 5.91 Å². The molecule has 0 unspecified atom stereocenters. The maximum absolute atomic E-state index is 11.7. The van der Waals surface area contributed by atoms with Gasteiger partial charge in [-0.25, -0.2) is 4.98 Å². The van der Waals surface area contributed by atoms with Gasteiger partial charge in [-0.05, 0) is 26.1 Å². The van der Waals surface area contributed by atoms with Gasteiger partial charge >= 0.3 is 0 Å². The van der Waals surface area contributed by atoms with Crippen molar-refractivity contribution in [2.75, 3.05) is 44.7 Å². The lowest BCUT2D eigenvalue weighted by atomic mass is 10.3. The van der Waals surface area contributed by atoms with E-state index >= 15 is 0 Å². The second-order valence-corrected chi connectivity index (χ2v) is 4.53. The zero-order valence-corrected chi connectivity index (χ0v) is 11.0. The van der Waals surface area contributed by atoms with E-state index in [1.165, 1.54) is 0 Å². The molecular formula is C13H20N4O. The Morgan fingerprint density at radius 2 is 2.06 bits per heavy atom. The van der Waals surface area contributed by atoms with Gasteiger partial charge < -0.3 is 15.1 Å². The SMILES string of the molecule is CCNC(=O)c1cccc(N2CCN(C)CC2)n1. The molecule has 1 aliphatic heterocycles. The summed E-state index contributed by atoms with van der Waals surface area (Å²) < 4.78 is 0. The Labute approximate surface area is 108 Å². The summed E-state index contributed by atoms with van der Waals surface area (Å²) in [5.41, 5.74) is 0.494. The summed E-state index contributed by atoms with van der Waals surface area (Å²) in [5.74, 6) is 0.792. The zero-order chi connectivity index (χ0) is 13.0. The van der Waals surface area contributed by atoms with Crippen molar-refractivity contribution < 1.29 is 4.79 Å². The van der Waals surface area contributed by atoms with Crippen molar-refractivity contribution in [2.24, 2.45) is 0 Å². The Kier molecular flexibility index (Phi) is 4.15. The highest BCUT2D eigenvalue weighted by Gasteiger charge is 2.16. The Morgan fingerprint density at radius 3 is 2.72 bits per heavy atom. The number of hydrogen-bond acceptors (Lipinski definition) is 4. The van der Waals surface area contributed by atoms with Crippen LogP contribution in [-0.4, -0.2) is 55.6 Å². The van der Waals surface area contributed by atoms with Gasteiger partial charge in [-0.15, -0.1) is 0 Å². The summed E-state index contributed by atoms with van der Waals surface area (Å²) in [7, 11) is 2.12. The van der Waals surface area contributed by atoms with Crippen molar-refractivity contribution in [1.29, 1.82) is 0 Å². The van der Waals surface area contributed by atoms with Crippen molar-refractivity contribution in [3.63, 3.8) is 0 Å². The molecule has 1 fully saturated rings. The number of piperazine rings is 1. The molecule has 1 aromatic heterocycles. The summed E-state index contributed by atoms with van der Waals surface area (Å²) in [5, 5.41) is 2.77. The fraction of sp³-hybridized carbons (Fsp3) is 0.538. The predicted molar refractivity (Wildman–Crippen MR) is 72.0 cm³/mol. The molecule has 1 aliphatic rings. The van der Waals surface area contributed by atoms with Crippen LogP contribution in [0.25, 0.3) is 0 Å². The van der Waals surface area contributed by atoms with Gasteiger partial charge in [0, 0.05) is 32.7 Å². The highest BCUT2D eigenvalue weighted by molar-refractivity contribution is 5.92. The van der Waals surface area contributed by atoms with Gasteiger partial charge in [0.25, 0.3) is 5.91 Å². The molecule has 0 spiro atoms. The number of amides is 1. The number of nitrogens with one attached hydrogen (secondary N) is 1. The molecule has 5 nitrogen and oxygen atoms in total. The van der Waals surface area contributed by atoms with Crippen LogP contribution in [0.5, 0.6) is 0 Å². The minimum atomic E-state index is -0.103. The topological polar surface area (TPSA) is 48.5 Å². The largest absolute Gasteiger partial charge is 0.354 e. The van der Waals surface area contributed by atoms with Crippen LogP contribution in [-0.2, 0) is 0 Å². The highest BCUT2D eigenvalue weighted by Crippen LogP contribution is 2.13. The standard InChI is InChI=1S/C13H20N4O/c1-3-14-13(18)11-5-4-6-12(15-11)17-9-7-16(2)8-10-17/h4-6H,3,7-10H2,1-2H3,(H,14,18). The van der Waals surface area contributed by atoms with Crippen LogP contribution in [0.3, 0.4) is 0 Å². The van der Waals surface area contributed by atoms with Crippen molar-refractivity contribution in [3.8, 4) is 0 Å². The molecule has 1 aromatic rings. The predicted octanol–water partition coefficient (Wildman–Crippen LogP) is 0.583. The first-order chi connectivity index (χ1) is 8.70. The van der Waals surface area contributed by atoms with Crippen LogP contribution < -0.4 is 10.2 Å². The summed E-state index contributed by atoms with van der Waals surface area (Å²) in [6.45, 7) is 6.52. The molecule has 18 heavy (non-hydrogen) atoms. The lowest BCUT2D eigenvalue weighted by molar-refractivity contribution is 0.0951. The molecule has 2 rings (SSSR count). The normalized spacial score (nSPS) is 16.7. The molecule has 1 N–H and O–H groups in total. The smallest absolute Gasteiger partial charge is 0.269 e. The molecule has 0 bridgehead atoms. The number of aromatic nitrogens is 1. The third-order valence-electron chi connectivity index (χ3n) is 3.13. The second kappa shape index (κ2) is 5.82. The van der Waals surface area contributed by atoms with Gasteiger partial charge in [0.2, 0.25) is 0 Å². The zero-order valence-electron chi connectivity index (χ0n) is 11.0. The maximum atomic E-state index is 11.7. The van der Waals surface area contributed by atoms with Crippen molar-refractivity contribution in [3.05, 3.63) is 23.9 Å². The molecule has 0 saturated carbocycles. The Hall–Kier alpha value is -1.62. The number of nitrogens with zero attached hydrogens (tertiary/aromatic N) is 3. The molecule has 5 heteroatoms. The van der Waals surface area contributed by atoms with Crippen LogP contribution in [0.4, 0.5) is 5.82 Å². The lowest BCUT2D eigenvalue weighted by Crippen LogP contribution is -2.45. The van der Waals surface area contributed by atoms with E-state index in [9.17, 15) is 4.79 Å². The van der Waals surface area contributed by atoms with Crippen LogP contribution in [0.15, 0.2) is 18.2 Å². The highest BCUT2D eigenvalue weighted by atomic mass is 16.1. The molecule has 0 aromatic carbocycles. The second-order valence-electron chi connectivity index (χ2n) is 4.53. The first-order valence-electron chi connectivity index (χ1n) is 6.39. The van der Waals surface area contributed by atoms with Crippen molar-refractivity contribution >= 4 is 11.7 Å². The summed E-state index contributed by atoms with van der Waals surface area (Å²) in [4.78, 5) is 20.7. The minimum absolute atomic E-state index is 0.103. The van der Waals surface area contributed by atoms with E-state index < -0.39 is 0 Å². The van der Waals surface area contributed by atoms with Crippen LogP contribution in [0.2, 0.25) is 0 Å². The van der Waals surface area contributed by atoms with Gasteiger partial charge in [0.05, 0.1) is 0 Å². The minimum Gasteiger partial charge on any atom is -0.354 e.